The summed E-state index contributed by atoms with van der Waals surface area (Å²) in [6, 6.07) is -0.0603. The van der Waals surface area contributed by atoms with Crippen molar-refractivity contribution in [1.82, 2.24) is 10.2 Å². The first-order valence-corrected chi connectivity index (χ1v) is 9.00. The molecule has 1 N–H and O–H groups in total. The third-order valence-corrected chi connectivity index (χ3v) is 6.00. The summed E-state index contributed by atoms with van der Waals surface area (Å²) in [6.07, 6.45) is 4.44. The van der Waals surface area contributed by atoms with E-state index in [2.05, 4.69) is 5.32 Å². The molecule has 1 unspecified atom stereocenters. The second kappa shape index (κ2) is 6.22. The zero-order valence-corrected chi connectivity index (χ0v) is 12.4. The van der Waals surface area contributed by atoms with Gasteiger partial charge in [0, 0.05) is 13.1 Å². The minimum Gasteiger partial charge on any atom is -0.341 e. The lowest BCUT2D eigenvalue weighted by Crippen LogP contribution is -2.46. The predicted molar refractivity (Wildman–Crippen MR) is 74.7 cm³/mol. The molecule has 2 saturated heterocycles. The fraction of sp³-hybridized carbons (Fsp3) is 0.923. The summed E-state index contributed by atoms with van der Waals surface area (Å²) >= 11 is 0. The number of likely N-dealkylation sites (N-methyl/N-ethyl adjacent to an activating group) is 1. The van der Waals surface area contributed by atoms with Crippen LogP contribution >= 0.6 is 0 Å². The van der Waals surface area contributed by atoms with Crippen LogP contribution in [0.4, 0.5) is 0 Å². The van der Waals surface area contributed by atoms with Gasteiger partial charge in [-0.15, -0.1) is 0 Å². The Labute approximate surface area is 115 Å². The van der Waals surface area contributed by atoms with Gasteiger partial charge in [-0.1, -0.05) is 0 Å². The maximum absolute atomic E-state index is 12.3. The number of likely N-dealkylation sites (tertiary alicyclic amines) is 1. The first kappa shape index (κ1) is 14.8. The maximum Gasteiger partial charge on any atom is 0.239 e. The average Bonchev–Trinajstić information content (AvgIpc) is 2.55. The van der Waals surface area contributed by atoms with Crippen LogP contribution in [-0.4, -0.2) is 56.9 Å². The smallest absolute Gasteiger partial charge is 0.239 e. The third kappa shape index (κ3) is 3.92. The number of rotatable bonds is 3. The summed E-state index contributed by atoms with van der Waals surface area (Å²) < 4.78 is 22.8. The molecule has 5 nitrogen and oxygen atoms in total. The van der Waals surface area contributed by atoms with Gasteiger partial charge >= 0.3 is 0 Å². The minimum atomic E-state index is -2.81. The van der Waals surface area contributed by atoms with Gasteiger partial charge in [-0.05, 0) is 45.1 Å². The summed E-state index contributed by atoms with van der Waals surface area (Å²) in [5, 5.41) is 3.09. The topological polar surface area (TPSA) is 66.5 Å². The van der Waals surface area contributed by atoms with Crippen LogP contribution in [0.3, 0.4) is 0 Å². The molecule has 0 radical (unpaired) electrons. The van der Waals surface area contributed by atoms with Crippen molar-refractivity contribution < 1.29 is 13.2 Å². The monoisotopic (exact) mass is 288 g/mol. The molecule has 0 bridgehead atoms. The average molecular weight is 288 g/mol. The van der Waals surface area contributed by atoms with Crippen molar-refractivity contribution in [3.05, 3.63) is 0 Å². The zero-order chi connectivity index (χ0) is 13.9. The maximum atomic E-state index is 12.3. The fourth-order valence-electron chi connectivity index (χ4n) is 2.99. The van der Waals surface area contributed by atoms with E-state index in [1.165, 1.54) is 0 Å². The van der Waals surface area contributed by atoms with E-state index in [0.29, 0.717) is 18.8 Å². The Morgan fingerprint density at radius 2 is 1.89 bits per heavy atom. The quantitative estimate of drug-likeness (QED) is 0.817. The Bertz CT molecular complexity index is 408. The van der Waals surface area contributed by atoms with E-state index in [1.807, 2.05) is 11.9 Å². The van der Waals surface area contributed by atoms with Crippen molar-refractivity contribution in [2.24, 2.45) is 5.92 Å². The largest absolute Gasteiger partial charge is 0.341 e. The Hall–Kier alpha value is -0.620. The molecule has 6 heteroatoms. The van der Waals surface area contributed by atoms with E-state index in [-0.39, 0.29) is 23.5 Å². The number of carbonyl (C=O) groups excluding carboxylic acids is 1. The van der Waals surface area contributed by atoms with Crippen LogP contribution in [0.2, 0.25) is 0 Å². The van der Waals surface area contributed by atoms with Gasteiger partial charge in [-0.25, -0.2) is 8.42 Å². The predicted octanol–water partition coefficient (Wildman–Crippen LogP) is 0.412. The highest BCUT2D eigenvalue weighted by atomic mass is 32.2. The highest BCUT2D eigenvalue weighted by Gasteiger charge is 2.30. The first-order chi connectivity index (χ1) is 9.02. The Morgan fingerprint density at radius 3 is 2.53 bits per heavy atom. The summed E-state index contributed by atoms with van der Waals surface area (Å²) in [5.41, 5.74) is 0. The van der Waals surface area contributed by atoms with Crippen LogP contribution < -0.4 is 5.32 Å². The molecule has 110 valence electrons. The van der Waals surface area contributed by atoms with Crippen LogP contribution in [-0.2, 0) is 14.6 Å². The van der Waals surface area contributed by atoms with E-state index in [4.69, 9.17) is 0 Å². The third-order valence-electron chi connectivity index (χ3n) is 4.28. The van der Waals surface area contributed by atoms with Crippen LogP contribution in [0.5, 0.6) is 0 Å². The lowest BCUT2D eigenvalue weighted by atomic mass is 10.0. The van der Waals surface area contributed by atoms with E-state index in [9.17, 15) is 13.2 Å². The number of amides is 1. The Morgan fingerprint density at radius 1 is 1.21 bits per heavy atom. The summed E-state index contributed by atoms with van der Waals surface area (Å²) in [4.78, 5) is 14.3. The van der Waals surface area contributed by atoms with E-state index in [0.717, 1.165) is 32.4 Å². The van der Waals surface area contributed by atoms with Crippen molar-refractivity contribution in [2.75, 3.05) is 31.6 Å². The molecule has 2 rings (SSSR count). The molecule has 2 aliphatic rings. The van der Waals surface area contributed by atoms with Crippen molar-refractivity contribution in [1.29, 1.82) is 0 Å². The van der Waals surface area contributed by atoms with E-state index in [1.54, 1.807) is 0 Å². The summed E-state index contributed by atoms with van der Waals surface area (Å²) in [7, 11) is -0.976. The molecular formula is C13H24N2O3S. The molecule has 0 aromatic rings. The minimum absolute atomic E-state index is 0.0603. The zero-order valence-electron chi connectivity index (χ0n) is 11.6. The van der Waals surface area contributed by atoms with Crippen LogP contribution in [0.1, 0.15) is 32.1 Å². The SMILES string of the molecule is CNC1CCCCN(CC2CCS(=O)(=O)CC2)C1=O. The van der Waals surface area contributed by atoms with Gasteiger partial charge in [0.25, 0.3) is 0 Å². The van der Waals surface area contributed by atoms with Gasteiger partial charge in [0.15, 0.2) is 0 Å². The molecule has 0 aliphatic carbocycles. The van der Waals surface area contributed by atoms with E-state index < -0.39 is 9.84 Å². The van der Waals surface area contributed by atoms with Gasteiger partial charge in [-0.3, -0.25) is 4.79 Å². The molecule has 0 aromatic heterocycles. The van der Waals surface area contributed by atoms with Gasteiger partial charge in [-0.2, -0.15) is 0 Å². The van der Waals surface area contributed by atoms with Gasteiger partial charge in [0.05, 0.1) is 17.5 Å². The molecule has 1 atom stereocenters. The number of nitrogens with zero attached hydrogens (tertiary/aromatic N) is 1. The summed E-state index contributed by atoms with van der Waals surface area (Å²) in [5.74, 6) is 1.11. The second-order valence-corrected chi connectivity index (χ2v) is 8.02. The first-order valence-electron chi connectivity index (χ1n) is 7.18. The van der Waals surface area contributed by atoms with Crippen molar-refractivity contribution >= 4 is 15.7 Å². The number of hydrogen-bond acceptors (Lipinski definition) is 4. The lowest BCUT2D eigenvalue weighted by Gasteiger charge is -2.30. The van der Waals surface area contributed by atoms with Crippen LogP contribution in [0, 0.1) is 5.92 Å². The molecule has 1 amide bonds. The summed E-state index contributed by atoms with van der Waals surface area (Å²) in [6.45, 7) is 1.55. The molecule has 19 heavy (non-hydrogen) atoms. The number of carbonyl (C=O) groups is 1. The Balaban J connectivity index is 1.92. The molecule has 2 fully saturated rings. The number of nitrogens with one attached hydrogen (secondary N) is 1. The van der Waals surface area contributed by atoms with Gasteiger partial charge < -0.3 is 10.2 Å². The van der Waals surface area contributed by atoms with Crippen molar-refractivity contribution in [3.8, 4) is 0 Å². The number of sulfone groups is 1. The lowest BCUT2D eigenvalue weighted by molar-refractivity contribution is -0.133. The van der Waals surface area contributed by atoms with Crippen LogP contribution in [0.25, 0.3) is 0 Å². The Kier molecular flexibility index (Phi) is 4.84. The molecule has 0 saturated carbocycles. The van der Waals surface area contributed by atoms with Crippen LogP contribution in [0.15, 0.2) is 0 Å². The molecule has 2 aliphatic heterocycles. The normalized spacial score (nSPS) is 29.2. The number of hydrogen-bond donors (Lipinski definition) is 1. The second-order valence-electron chi connectivity index (χ2n) is 5.72. The molecule has 0 aromatic carbocycles. The molecule has 0 spiro atoms. The molecule has 2 heterocycles. The van der Waals surface area contributed by atoms with Crippen molar-refractivity contribution in [2.45, 2.75) is 38.1 Å². The highest BCUT2D eigenvalue weighted by molar-refractivity contribution is 7.91. The molecular weight excluding hydrogens is 264 g/mol. The standard InChI is InChI=1S/C13H24N2O3S/c1-14-12-4-2-3-7-15(13(12)16)10-11-5-8-19(17,18)9-6-11/h11-12,14H,2-10H2,1H3. The highest BCUT2D eigenvalue weighted by Crippen LogP contribution is 2.22. The van der Waals surface area contributed by atoms with Crippen molar-refractivity contribution in [3.63, 3.8) is 0 Å². The van der Waals surface area contributed by atoms with E-state index >= 15 is 0 Å². The fourth-order valence-corrected chi connectivity index (χ4v) is 4.58. The van der Waals surface area contributed by atoms with Gasteiger partial charge in [0.1, 0.15) is 9.84 Å². The van der Waals surface area contributed by atoms with Gasteiger partial charge in [0.2, 0.25) is 5.91 Å².